The van der Waals surface area contributed by atoms with Gasteiger partial charge in [0.2, 0.25) is 0 Å². The summed E-state index contributed by atoms with van der Waals surface area (Å²) in [5.41, 5.74) is 11.0. The molecule has 10 heteroatoms. The van der Waals surface area contributed by atoms with Crippen molar-refractivity contribution >= 4 is 39.7 Å². The maximum atomic E-state index is 6.35. The van der Waals surface area contributed by atoms with Crippen LogP contribution in [-0.4, -0.2) is 51.2 Å². The number of hydrogen-bond acceptors (Lipinski definition) is 9. The van der Waals surface area contributed by atoms with Crippen LogP contribution >= 0.6 is 0 Å². The molecule has 0 radical (unpaired) electrons. The van der Waals surface area contributed by atoms with Gasteiger partial charge in [-0.05, 0) is 49.9 Å². The minimum absolute atomic E-state index is 0.212. The van der Waals surface area contributed by atoms with Gasteiger partial charge in [-0.25, -0.2) is 14.6 Å². The maximum absolute atomic E-state index is 6.35. The third-order valence-electron chi connectivity index (χ3n) is 6.84. The zero-order valence-electron chi connectivity index (χ0n) is 20.6. The molecule has 1 fully saturated rings. The number of nitrogen functional groups attached to an aromatic ring is 1. The summed E-state index contributed by atoms with van der Waals surface area (Å²) in [7, 11) is 1.69. The standard InChI is InChI=1S/C27H29N7O3/c1-35-13-14-36-20-10-8-19(9-11-20)34-26-23(25(28)29-16-30-26)24(33-34)17-7-12-21-22(15-17)37-27(32-21)31-18-5-3-2-4-6-18/h2-7,12,15-16,19-20H,8-11,13-14H2,1H3,(H,31,32)(H2,28,29,30). The van der Waals surface area contributed by atoms with Gasteiger partial charge in [-0.3, -0.25) is 0 Å². The predicted molar refractivity (Wildman–Crippen MR) is 142 cm³/mol. The Labute approximate surface area is 213 Å². The molecule has 0 atom stereocenters. The summed E-state index contributed by atoms with van der Waals surface area (Å²) in [6.45, 7) is 1.24. The average Bonchev–Trinajstić information content (AvgIpc) is 3.51. The van der Waals surface area contributed by atoms with E-state index in [1.165, 1.54) is 6.33 Å². The largest absolute Gasteiger partial charge is 0.423 e. The number of rotatable bonds is 8. The summed E-state index contributed by atoms with van der Waals surface area (Å²) in [5, 5.41) is 8.98. The molecule has 190 valence electrons. The molecule has 3 aromatic heterocycles. The highest BCUT2D eigenvalue weighted by atomic mass is 16.5. The Hall–Kier alpha value is -4.02. The zero-order chi connectivity index (χ0) is 25.2. The second-order valence-electron chi connectivity index (χ2n) is 9.24. The lowest BCUT2D eigenvalue weighted by Crippen LogP contribution is -2.25. The first-order valence-corrected chi connectivity index (χ1v) is 12.5. The molecule has 10 nitrogen and oxygen atoms in total. The van der Waals surface area contributed by atoms with Crippen molar-refractivity contribution in [1.82, 2.24) is 24.7 Å². The van der Waals surface area contributed by atoms with Gasteiger partial charge < -0.3 is 24.9 Å². The van der Waals surface area contributed by atoms with Crippen molar-refractivity contribution in [2.24, 2.45) is 0 Å². The number of ether oxygens (including phenoxy) is 2. The van der Waals surface area contributed by atoms with E-state index in [9.17, 15) is 0 Å². The van der Waals surface area contributed by atoms with Gasteiger partial charge in [0.05, 0.1) is 30.7 Å². The first-order valence-electron chi connectivity index (χ1n) is 12.5. The second kappa shape index (κ2) is 10.2. The Morgan fingerprint density at radius 2 is 1.89 bits per heavy atom. The third kappa shape index (κ3) is 4.73. The van der Waals surface area contributed by atoms with E-state index in [2.05, 4.69) is 20.3 Å². The van der Waals surface area contributed by atoms with Gasteiger partial charge in [0.25, 0.3) is 6.01 Å². The van der Waals surface area contributed by atoms with Crippen LogP contribution in [0.5, 0.6) is 0 Å². The molecule has 1 saturated carbocycles. The lowest BCUT2D eigenvalue weighted by molar-refractivity contribution is -0.00691. The number of para-hydroxylation sites is 1. The first kappa shape index (κ1) is 23.4. The van der Waals surface area contributed by atoms with Gasteiger partial charge in [-0.2, -0.15) is 10.1 Å². The fraction of sp³-hybridized carbons (Fsp3) is 0.333. The number of fused-ring (bicyclic) bond motifs is 2. The number of nitrogens with one attached hydrogen (secondary N) is 1. The summed E-state index contributed by atoms with van der Waals surface area (Å²) in [6, 6.07) is 16.3. The highest BCUT2D eigenvalue weighted by Gasteiger charge is 2.27. The average molecular weight is 500 g/mol. The molecule has 0 unspecified atom stereocenters. The van der Waals surface area contributed by atoms with Crippen molar-refractivity contribution < 1.29 is 13.9 Å². The number of nitrogens with zero attached hydrogens (tertiary/aromatic N) is 5. The molecule has 3 heterocycles. The van der Waals surface area contributed by atoms with Crippen LogP contribution in [0.25, 0.3) is 33.4 Å². The Bertz CT molecular complexity index is 1510. The van der Waals surface area contributed by atoms with Crippen molar-refractivity contribution in [2.45, 2.75) is 37.8 Å². The summed E-state index contributed by atoms with van der Waals surface area (Å²) in [6.07, 6.45) is 5.58. The normalized spacial score (nSPS) is 18.0. The van der Waals surface area contributed by atoms with E-state index in [1.54, 1.807) is 7.11 Å². The summed E-state index contributed by atoms with van der Waals surface area (Å²) in [5.74, 6) is 0.409. The highest BCUT2D eigenvalue weighted by molar-refractivity contribution is 5.99. The lowest BCUT2D eigenvalue weighted by Gasteiger charge is -2.28. The molecule has 37 heavy (non-hydrogen) atoms. The van der Waals surface area contributed by atoms with Gasteiger partial charge in [-0.1, -0.05) is 24.3 Å². The smallest absolute Gasteiger partial charge is 0.300 e. The number of methoxy groups -OCH3 is 1. The predicted octanol–water partition coefficient (Wildman–Crippen LogP) is 5.11. The van der Waals surface area contributed by atoms with Crippen molar-refractivity contribution in [1.29, 1.82) is 0 Å². The molecular formula is C27H29N7O3. The fourth-order valence-corrected chi connectivity index (χ4v) is 4.98. The van der Waals surface area contributed by atoms with Crippen LogP contribution in [-0.2, 0) is 9.47 Å². The molecule has 3 N–H and O–H groups in total. The van der Waals surface area contributed by atoms with E-state index in [0.717, 1.165) is 59.2 Å². The molecule has 0 spiro atoms. The van der Waals surface area contributed by atoms with E-state index in [1.807, 2.05) is 53.2 Å². The fourth-order valence-electron chi connectivity index (χ4n) is 4.98. The summed E-state index contributed by atoms with van der Waals surface area (Å²) in [4.78, 5) is 13.4. The van der Waals surface area contributed by atoms with Gasteiger partial charge in [0.1, 0.15) is 23.4 Å². The third-order valence-corrected chi connectivity index (χ3v) is 6.84. The number of hydrogen-bond donors (Lipinski definition) is 2. The Morgan fingerprint density at radius 1 is 1.05 bits per heavy atom. The van der Waals surface area contributed by atoms with E-state index < -0.39 is 0 Å². The van der Waals surface area contributed by atoms with Crippen LogP contribution < -0.4 is 11.1 Å². The molecule has 0 aliphatic heterocycles. The molecule has 5 aromatic rings. The van der Waals surface area contributed by atoms with E-state index in [0.29, 0.717) is 30.6 Å². The van der Waals surface area contributed by atoms with Gasteiger partial charge in [0, 0.05) is 18.4 Å². The summed E-state index contributed by atoms with van der Waals surface area (Å²) >= 11 is 0. The molecular weight excluding hydrogens is 470 g/mol. The Balaban J connectivity index is 1.30. The van der Waals surface area contributed by atoms with Crippen molar-refractivity contribution in [2.75, 3.05) is 31.4 Å². The first-order chi connectivity index (χ1) is 18.2. The number of oxazole rings is 1. The van der Waals surface area contributed by atoms with Gasteiger partial charge >= 0.3 is 0 Å². The van der Waals surface area contributed by atoms with E-state index in [-0.39, 0.29) is 12.1 Å². The number of aromatic nitrogens is 5. The van der Waals surface area contributed by atoms with Crippen LogP contribution in [0.2, 0.25) is 0 Å². The van der Waals surface area contributed by atoms with Crippen LogP contribution in [0.15, 0.2) is 59.3 Å². The van der Waals surface area contributed by atoms with Gasteiger partial charge in [-0.15, -0.1) is 0 Å². The Morgan fingerprint density at radius 3 is 2.70 bits per heavy atom. The van der Waals surface area contributed by atoms with Crippen molar-refractivity contribution in [3.8, 4) is 11.3 Å². The number of benzene rings is 2. The van der Waals surface area contributed by atoms with Crippen LogP contribution in [0.1, 0.15) is 31.7 Å². The van der Waals surface area contributed by atoms with Crippen LogP contribution in [0.3, 0.4) is 0 Å². The monoisotopic (exact) mass is 499 g/mol. The minimum atomic E-state index is 0.212. The van der Waals surface area contributed by atoms with E-state index in [4.69, 9.17) is 24.7 Å². The minimum Gasteiger partial charge on any atom is -0.423 e. The number of anilines is 3. The van der Waals surface area contributed by atoms with Crippen LogP contribution in [0.4, 0.5) is 17.5 Å². The molecule has 2 aromatic carbocycles. The topological polar surface area (TPSA) is 126 Å². The Kier molecular flexibility index (Phi) is 6.42. The van der Waals surface area contributed by atoms with Crippen molar-refractivity contribution in [3.63, 3.8) is 0 Å². The maximum Gasteiger partial charge on any atom is 0.300 e. The zero-order valence-corrected chi connectivity index (χ0v) is 20.6. The lowest BCUT2D eigenvalue weighted by atomic mass is 9.93. The summed E-state index contributed by atoms with van der Waals surface area (Å²) < 4.78 is 19.1. The highest BCUT2D eigenvalue weighted by Crippen LogP contribution is 2.37. The van der Waals surface area contributed by atoms with Crippen molar-refractivity contribution in [3.05, 3.63) is 54.9 Å². The van der Waals surface area contributed by atoms with Gasteiger partial charge in [0.15, 0.2) is 11.2 Å². The van der Waals surface area contributed by atoms with Crippen LogP contribution in [0, 0.1) is 0 Å². The number of nitrogens with two attached hydrogens (primary N) is 1. The molecule has 0 bridgehead atoms. The molecule has 6 rings (SSSR count). The molecule has 0 amide bonds. The van der Waals surface area contributed by atoms with E-state index >= 15 is 0 Å². The quantitative estimate of drug-likeness (QED) is 0.280. The molecule has 1 aliphatic carbocycles. The molecule has 1 aliphatic rings. The molecule has 0 saturated heterocycles. The second-order valence-corrected chi connectivity index (χ2v) is 9.24. The SMILES string of the molecule is COCCOC1CCC(n2nc(-c3ccc4nc(Nc5ccccc5)oc4c3)c3c(N)ncnc32)CC1.